The predicted molar refractivity (Wildman–Crippen MR) is 65.5 cm³/mol. The maximum absolute atomic E-state index is 12.0. The summed E-state index contributed by atoms with van der Waals surface area (Å²) >= 11 is 0. The summed E-state index contributed by atoms with van der Waals surface area (Å²) in [5, 5.41) is 0. The van der Waals surface area contributed by atoms with E-state index in [1.54, 1.807) is 7.11 Å². The Morgan fingerprint density at radius 1 is 1.41 bits per heavy atom. The highest BCUT2D eigenvalue weighted by atomic mass is 16.5. The van der Waals surface area contributed by atoms with Gasteiger partial charge in [-0.3, -0.25) is 4.79 Å². The van der Waals surface area contributed by atoms with Crippen molar-refractivity contribution in [3.05, 3.63) is 29.8 Å². The maximum Gasteiger partial charge on any atom is 0.163 e. The standard InChI is InChI=1S/C14H18O3/c1-16-13-6-4-12(5-7-13)14(15)9-11-3-2-8-17-10-11/h4-7,11H,2-3,8-10H2,1H3. The third kappa shape index (κ3) is 3.30. The Balaban J connectivity index is 1.93. The highest BCUT2D eigenvalue weighted by molar-refractivity contribution is 5.96. The number of rotatable bonds is 4. The molecule has 1 saturated heterocycles. The molecular formula is C14H18O3. The molecule has 0 N–H and O–H groups in total. The molecule has 0 saturated carbocycles. The van der Waals surface area contributed by atoms with E-state index in [0.29, 0.717) is 12.3 Å². The van der Waals surface area contributed by atoms with Gasteiger partial charge in [-0.05, 0) is 43.0 Å². The molecule has 17 heavy (non-hydrogen) atoms. The molecule has 1 fully saturated rings. The van der Waals surface area contributed by atoms with Gasteiger partial charge in [0.15, 0.2) is 5.78 Å². The van der Waals surface area contributed by atoms with E-state index in [4.69, 9.17) is 9.47 Å². The SMILES string of the molecule is COc1ccc(C(=O)CC2CCCOC2)cc1. The Kier molecular flexibility index (Phi) is 4.15. The quantitative estimate of drug-likeness (QED) is 0.751. The van der Waals surface area contributed by atoms with Gasteiger partial charge in [0.25, 0.3) is 0 Å². The first-order valence-corrected chi connectivity index (χ1v) is 6.04. The van der Waals surface area contributed by atoms with Gasteiger partial charge in [0, 0.05) is 25.2 Å². The van der Waals surface area contributed by atoms with Crippen molar-refractivity contribution < 1.29 is 14.3 Å². The molecule has 0 aliphatic carbocycles. The average Bonchev–Trinajstić information content (AvgIpc) is 2.40. The second kappa shape index (κ2) is 5.82. The van der Waals surface area contributed by atoms with Gasteiger partial charge in [-0.15, -0.1) is 0 Å². The molecule has 0 amide bonds. The molecule has 2 rings (SSSR count). The van der Waals surface area contributed by atoms with Crippen LogP contribution in [0.1, 0.15) is 29.6 Å². The van der Waals surface area contributed by atoms with Gasteiger partial charge in [-0.2, -0.15) is 0 Å². The van der Waals surface area contributed by atoms with Gasteiger partial charge < -0.3 is 9.47 Å². The van der Waals surface area contributed by atoms with Crippen LogP contribution in [-0.4, -0.2) is 26.1 Å². The van der Waals surface area contributed by atoms with Crippen molar-refractivity contribution in [2.24, 2.45) is 5.92 Å². The molecule has 92 valence electrons. The van der Waals surface area contributed by atoms with Crippen LogP contribution in [-0.2, 0) is 4.74 Å². The molecule has 3 nitrogen and oxygen atoms in total. The van der Waals surface area contributed by atoms with Crippen LogP contribution in [0.2, 0.25) is 0 Å². The summed E-state index contributed by atoms with van der Waals surface area (Å²) in [6.07, 6.45) is 2.76. The van der Waals surface area contributed by atoms with E-state index in [2.05, 4.69) is 0 Å². The van der Waals surface area contributed by atoms with E-state index in [9.17, 15) is 4.79 Å². The van der Waals surface area contributed by atoms with Crippen LogP contribution >= 0.6 is 0 Å². The molecular weight excluding hydrogens is 216 g/mol. The highest BCUT2D eigenvalue weighted by Crippen LogP contribution is 2.20. The molecule has 1 aliphatic rings. The Labute approximate surface area is 102 Å². The van der Waals surface area contributed by atoms with Crippen molar-refractivity contribution in [1.29, 1.82) is 0 Å². The second-order valence-electron chi connectivity index (χ2n) is 4.44. The monoisotopic (exact) mass is 234 g/mol. The topological polar surface area (TPSA) is 35.5 Å². The van der Waals surface area contributed by atoms with E-state index in [0.717, 1.165) is 37.4 Å². The van der Waals surface area contributed by atoms with Gasteiger partial charge in [-0.25, -0.2) is 0 Å². The van der Waals surface area contributed by atoms with Crippen LogP contribution < -0.4 is 4.74 Å². The average molecular weight is 234 g/mol. The lowest BCUT2D eigenvalue weighted by atomic mass is 9.93. The summed E-state index contributed by atoms with van der Waals surface area (Å²) in [6.45, 7) is 1.56. The van der Waals surface area contributed by atoms with E-state index >= 15 is 0 Å². The van der Waals surface area contributed by atoms with Gasteiger partial charge in [0.05, 0.1) is 7.11 Å². The number of hydrogen-bond donors (Lipinski definition) is 0. The van der Waals surface area contributed by atoms with E-state index < -0.39 is 0 Å². The summed E-state index contributed by atoms with van der Waals surface area (Å²) in [6, 6.07) is 7.30. The van der Waals surface area contributed by atoms with Gasteiger partial charge in [0.1, 0.15) is 5.75 Å². The third-order valence-electron chi connectivity index (χ3n) is 3.14. The molecule has 1 heterocycles. The molecule has 1 unspecified atom stereocenters. The summed E-state index contributed by atoms with van der Waals surface area (Å²) in [5.41, 5.74) is 0.761. The molecule has 0 spiro atoms. The van der Waals surface area contributed by atoms with Crippen molar-refractivity contribution in [1.82, 2.24) is 0 Å². The summed E-state index contributed by atoms with van der Waals surface area (Å²) in [5.74, 6) is 1.36. The predicted octanol–water partition coefficient (Wildman–Crippen LogP) is 2.69. The van der Waals surface area contributed by atoms with Gasteiger partial charge in [0.2, 0.25) is 0 Å². The smallest absolute Gasteiger partial charge is 0.163 e. The molecule has 0 aromatic heterocycles. The number of carbonyl (C=O) groups excluding carboxylic acids is 1. The van der Waals surface area contributed by atoms with Crippen LogP contribution in [0.3, 0.4) is 0 Å². The normalized spacial score (nSPS) is 19.9. The van der Waals surface area contributed by atoms with Crippen molar-refractivity contribution in [2.75, 3.05) is 20.3 Å². The summed E-state index contributed by atoms with van der Waals surface area (Å²) in [7, 11) is 1.62. The van der Waals surface area contributed by atoms with Gasteiger partial charge >= 0.3 is 0 Å². The number of benzene rings is 1. The lowest BCUT2D eigenvalue weighted by Gasteiger charge is -2.21. The zero-order chi connectivity index (χ0) is 12.1. The van der Waals surface area contributed by atoms with E-state index in [-0.39, 0.29) is 5.78 Å². The number of hydrogen-bond acceptors (Lipinski definition) is 3. The Hall–Kier alpha value is -1.35. The molecule has 1 aromatic carbocycles. The van der Waals surface area contributed by atoms with E-state index in [1.807, 2.05) is 24.3 Å². The lowest BCUT2D eigenvalue weighted by molar-refractivity contribution is 0.0488. The minimum atomic E-state index is 0.197. The minimum absolute atomic E-state index is 0.197. The fourth-order valence-corrected chi connectivity index (χ4v) is 2.13. The fraction of sp³-hybridized carbons (Fsp3) is 0.500. The maximum atomic E-state index is 12.0. The van der Waals surface area contributed by atoms with Crippen LogP contribution in [0, 0.1) is 5.92 Å². The molecule has 3 heteroatoms. The highest BCUT2D eigenvalue weighted by Gasteiger charge is 2.18. The number of ether oxygens (including phenoxy) is 2. The van der Waals surface area contributed by atoms with Gasteiger partial charge in [-0.1, -0.05) is 0 Å². The zero-order valence-electron chi connectivity index (χ0n) is 10.1. The number of ketones is 1. The van der Waals surface area contributed by atoms with Crippen LogP contribution in [0.4, 0.5) is 0 Å². The summed E-state index contributed by atoms with van der Waals surface area (Å²) in [4.78, 5) is 12.0. The van der Waals surface area contributed by atoms with Crippen molar-refractivity contribution in [3.8, 4) is 5.75 Å². The largest absolute Gasteiger partial charge is 0.497 e. The van der Waals surface area contributed by atoms with Crippen molar-refractivity contribution in [2.45, 2.75) is 19.3 Å². The number of Topliss-reactive ketones (excluding diaryl/α,β-unsaturated/α-hetero) is 1. The first kappa shape index (κ1) is 12.1. The molecule has 1 atom stereocenters. The van der Waals surface area contributed by atoms with Crippen LogP contribution in [0.15, 0.2) is 24.3 Å². The first-order chi connectivity index (χ1) is 8.29. The second-order valence-corrected chi connectivity index (χ2v) is 4.44. The van der Waals surface area contributed by atoms with Crippen molar-refractivity contribution in [3.63, 3.8) is 0 Å². The van der Waals surface area contributed by atoms with Crippen molar-refractivity contribution >= 4 is 5.78 Å². The lowest BCUT2D eigenvalue weighted by Crippen LogP contribution is -2.20. The zero-order valence-corrected chi connectivity index (χ0v) is 10.1. The third-order valence-corrected chi connectivity index (χ3v) is 3.14. The Bertz CT molecular complexity index is 364. The first-order valence-electron chi connectivity index (χ1n) is 6.04. The Morgan fingerprint density at radius 3 is 2.76 bits per heavy atom. The molecule has 1 aromatic rings. The fourth-order valence-electron chi connectivity index (χ4n) is 2.13. The molecule has 0 bridgehead atoms. The minimum Gasteiger partial charge on any atom is -0.497 e. The number of carbonyl (C=O) groups is 1. The van der Waals surface area contributed by atoms with Crippen LogP contribution in [0.25, 0.3) is 0 Å². The molecule has 1 aliphatic heterocycles. The Morgan fingerprint density at radius 2 is 2.18 bits per heavy atom. The summed E-state index contributed by atoms with van der Waals surface area (Å²) < 4.78 is 10.5. The van der Waals surface area contributed by atoms with E-state index in [1.165, 1.54) is 0 Å². The number of methoxy groups -OCH3 is 1. The van der Waals surface area contributed by atoms with Crippen LogP contribution in [0.5, 0.6) is 5.75 Å². The molecule has 0 radical (unpaired) electrons.